The van der Waals surface area contributed by atoms with E-state index < -0.39 is 57.4 Å². The van der Waals surface area contributed by atoms with Gasteiger partial charge in [-0.05, 0) is 125 Å². The van der Waals surface area contributed by atoms with Crippen molar-refractivity contribution in [1.82, 2.24) is 25.5 Å². The molecule has 0 saturated carbocycles. The first-order valence-electron chi connectivity index (χ1n) is 20.7. The first kappa shape index (κ1) is 50.4. The van der Waals surface area contributed by atoms with Crippen LogP contribution in [0.5, 0.6) is 23.0 Å². The molecule has 0 aliphatic rings. The lowest BCUT2D eigenvalue weighted by Gasteiger charge is -2.20. The molecule has 0 spiro atoms. The van der Waals surface area contributed by atoms with Crippen LogP contribution in [0.1, 0.15) is 115 Å². The molecule has 5 aromatic rings. The van der Waals surface area contributed by atoms with Gasteiger partial charge in [0, 0.05) is 30.1 Å². The SMILES string of the molecule is CC(C)(C)C(=O)Oc1ccc(C(=O)NCc2nc(-c3ccncc3)n[nH]2)c(OC(=O)C(C)(C)C)c1.CC(C)(C)C(=O)Oc1ccc(C(=O)OCc2ccccc2)c(OC(=O)C(C)(C)C)c1. The second-order valence-electron chi connectivity index (χ2n) is 19.0. The van der Waals surface area contributed by atoms with E-state index >= 15 is 0 Å². The average Bonchev–Trinajstić information content (AvgIpc) is 3.71. The van der Waals surface area contributed by atoms with E-state index in [0.29, 0.717) is 11.6 Å². The van der Waals surface area contributed by atoms with Gasteiger partial charge in [0.1, 0.15) is 41.0 Å². The molecule has 0 atom stereocenters. The third-order valence-electron chi connectivity index (χ3n) is 8.75. The van der Waals surface area contributed by atoms with Gasteiger partial charge in [-0.15, -0.1) is 0 Å². The van der Waals surface area contributed by atoms with Crippen molar-refractivity contribution in [3.8, 4) is 34.4 Å². The van der Waals surface area contributed by atoms with E-state index in [1.165, 1.54) is 36.4 Å². The van der Waals surface area contributed by atoms with Gasteiger partial charge in [0.25, 0.3) is 5.91 Å². The maximum atomic E-state index is 13.0. The van der Waals surface area contributed by atoms with E-state index in [2.05, 4.69) is 25.5 Å². The predicted octanol–water partition coefficient (Wildman–Crippen LogP) is 8.65. The Balaban J connectivity index is 0.000000288. The molecule has 0 bridgehead atoms. The highest BCUT2D eigenvalue weighted by Gasteiger charge is 2.30. The summed E-state index contributed by atoms with van der Waals surface area (Å²) in [7, 11) is 0. The van der Waals surface area contributed by atoms with Crippen LogP contribution >= 0.6 is 0 Å². The van der Waals surface area contributed by atoms with Gasteiger partial charge in [0.05, 0.1) is 33.8 Å². The molecule has 2 heterocycles. The Morgan fingerprint density at radius 2 is 1.03 bits per heavy atom. The number of nitrogens with one attached hydrogen (secondary N) is 2. The average molecular weight is 892 g/mol. The van der Waals surface area contributed by atoms with E-state index in [9.17, 15) is 28.8 Å². The molecular formula is C49H57N5O11. The Hall–Kier alpha value is -7.23. The summed E-state index contributed by atoms with van der Waals surface area (Å²) in [5.74, 6) is -1.92. The van der Waals surface area contributed by atoms with Crippen LogP contribution in [0.2, 0.25) is 0 Å². The number of hydrogen-bond donors (Lipinski definition) is 2. The van der Waals surface area contributed by atoms with Crippen molar-refractivity contribution in [3.05, 3.63) is 114 Å². The Morgan fingerprint density at radius 3 is 1.52 bits per heavy atom. The number of esters is 5. The Bertz CT molecular complexity index is 2490. The van der Waals surface area contributed by atoms with Crippen LogP contribution in [0, 0.1) is 21.7 Å². The van der Waals surface area contributed by atoms with Gasteiger partial charge in [-0.3, -0.25) is 34.1 Å². The fraction of sp³-hybridized carbons (Fsp3) is 0.367. The van der Waals surface area contributed by atoms with Crippen LogP contribution in [0.3, 0.4) is 0 Å². The van der Waals surface area contributed by atoms with Crippen molar-refractivity contribution in [2.45, 2.75) is 96.2 Å². The molecule has 16 heteroatoms. The van der Waals surface area contributed by atoms with Gasteiger partial charge < -0.3 is 29.0 Å². The molecule has 16 nitrogen and oxygen atoms in total. The van der Waals surface area contributed by atoms with Gasteiger partial charge >= 0.3 is 29.8 Å². The smallest absolute Gasteiger partial charge is 0.342 e. The molecule has 0 saturated heterocycles. The molecule has 3 aromatic carbocycles. The molecule has 0 aliphatic carbocycles. The summed E-state index contributed by atoms with van der Waals surface area (Å²) in [5.41, 5.74) is -1.26. The predicted molar refractivity (Wildman–Crippen MR) is 240 cm³/mol. The second kappa shape index (κ2) is 21.0. The van der Waals surface area contributed by atoms with Crippen LogP contribution in [-0.4, -0.2) is 55.9 Å². The maximum absolute atomic E-state index is 13.0. The topological polar surface area (TPSA) is 215 Å². The van der Waals surface area contributed by atoms with Crippen molar-refractivity contribution < 1.29 is 52.5 Å². The van der Waals surface area contributed by atoms with Crippen molar-refractivity contribution in [3.63, 3.8) is 0 Å². The summed E-state index contributed by atoms with van der Waals surface area (Å²) >= 11 is 0. The number of amides is 1. The largest absolute Gasteiger partial charge is 0.457 e. The number of ether oxygens (including phenoxy) is 5. The Labute approximate surface area is 378 Å². The summed E-state index contributed by atoms with van der Waals surface area (Å²) in [6.45, 7) is 20.7. The van der Waals surface area contributed by atoms with E-state index in [1.807, 2.05) is 30.3 Å². The summed E-state index contributed by atoms with van der Waals surface area (Å²) in [5, 5.41) is 9.66. The zero-order chi connectivity index (χ0) is 48.3. The quantitative estimate of drug-likeness (QED) is 0.0938. The van der Waals surface area contributed by atoms with Crippen molar-refractivity contribution in [2.75, 3.05) is 0 Å². The minimum absolute atomic E-state index is 0.0170. The molecule has 1 amide bonds. The van der Waals surface area contributed by atoms with Gasteiger partial charge in [-0.1, -0.05) is 30.3 Å². The van der Waals surface area contributed by atoms with E-state index in [4.69, 9.17) is 23.7 Å². The highest BCUT2D eigenvalue weighted by molar-refractivity contribution is 5.98. The zero-order valence-electron chi connectivity index (χ0n) is 38.9. The fourth-order valence-corrected chi connectivity index (χ4v) is 4.75. The van der Waals surface area contributed by atoms with Crippen LogP contribution < -0.4 is 24.3 Å². The van der Waals surface area contributed by atoms with Gasteiger partial charge in [-0.25, -0.2) is 9.78 Å². The number of H-pyrrole nitrogens is 1. The first-order valence-corrected chi connectivity index (χ1v) is 20.7. The molecule has 5 rings (SSSR count). The van der Waals surface area contributed by atoms with Crippen LogP contribution in [-0.2, 0) is 37.1 Å². The van der Waals surface area contributed by atoms with Gasteiger partial charge in [0.15, 0.2) is 5.82 Å². The summed E-state index contributed by atoms with van der Waals surface area (Å²) in [4.78, 5) is 83.3. The van der Waals surface area contributed by atoms with Crippen LogP contribution in [0.15, 0.2) is 91.3 Å². The fourth-order valence-electron chi connectivity index (χ4n) is 4.75. The molecule has 65 heavy (non-hydrogen) atoms. The van der Waals surface area contributed by atoms with Gasteiger partial charge in [-0.2, -0.15) is 5.10 Å². The number of pyridine rings is 1. The van der Waals surface area contributed by atoms with E-state index in [-0.39, 0.29) is 47.3 Å². The van der Waals surface area contributed by atoms with Crippen molar-refractivity contribution in [2.24, 2.45) is 21.7 Å². The first-order chi connectivity index (χ1) is 30.2. The summed E-state index contributed by atoms with van der Waals surface area (Å²) < 4.78 is 27.1. The highest BCUT2D eigenvalue weighted by Crippen LogP contribution is 2.31. The Kier molecular flexibility index (Phi) is 16.3. The highest BCUT2D eigenvalue weighted by atomic mass is 16.6. The number of carbonyl (C=O) groups is 6. The number of carbonyl (C=O) groups excluding carboxylic acids is 6. The van der Waals surface area contributed by atoms with Crippen LogP contribution in [0.25, 0.3) is 11.4 Å². The lowest BCUT2D eigenvalue weighted by atomic mass is 9.97. The zero-order valence-corrected chi connectivity index (χ0v) is 38.9. The maximum Gasteiger partial charge on any atom is 0.342 e. The molecule has 0 radical (unpaired) electrons. The molecule has 2 aromatic heterocycles. The van der Waals surface area contributed by atoms with Crippen molar-refractivity contribution in [1.29, 1.82) is 0 Å². The number of nitrogens with zero attached hydrogens (tertiary/aromatic N) is 3. The lowest BCUT2D eigenvalue weighted by Crippen LogP contribution is -2.29. The number of aromatic amines is 1. The molecule has 0 fully saturated rings. The third kappa shape index (κ3) is 15.2. The van der Waals surface area contributed by atoms with Crippen molar-refractivity contribution >= 4 is 35.8 Å². The molecule has 2 N–H and O–H groups in total. The van der Waals surface area contributed by atoms with E-state index in [1.54, 1.807) is 108 Å². The lowest BCUT2D eigenvalue weighted by molar-refractivity contribution is -0.144. The number of rotatable bonds is 11. The normalized spacial score (nSPS) is 11.6. The molecule has 0 aliphatic heterocycles. The molecule has 0 unspecified atom stereocenters. The summed E-state index contributed by atoms with van der Waals surface area (Å²) in [6, 6.07) is 21.3. The standard InChI is InChI=1S/C25H29N5O5.C24H28O6/c1-24(2,3)22(32)34-16-7-8-17(18(13-16)35-23(33)25(4,5)6)21(31)27-14-19-28-20(30-29-19)15-9-11-26-12-10-15;1-23(2,3)21(26)29-17-12-13-18(19(14-17)30-22(27)24(4,5)6)20(25)28-15-16-10-8-7-9-11-16/h7-13H,14H2,1-6H3,(H,27,31)(H,28,29,30);7-14H,15H2,1-6H3. The summed E-state index contributed by atoms with van der Waals surface area (Å²) in [6.07, 6.45) is 3.27. The molecular weight excluding hydrogens is 835 g/mol. The van der Waals surface area contributed by atoms with E-state index in [0.717, 1.165) is 11.1 Å². The number of aromatic nitrogens is 4. The molecule has 344 valence electrons. The number of benzene rings is 3. The number of hydrogen-bond acceptors (Lipinski definition) is 14. The second-order valence-corrected chi connectivity index (χ2v) is 19.0. The third-order valence-corrected chi connectivity index (χ3v) is 8.75. The minimum Gasteiger partial charge on any atom is -0.457 e. The van der Waals surface area contributed by atoms with Gasteiger partial charge in [0.2, 0.25) is 0 Å². The van der Waals surface area contributed by atoms with Crippen LogP contribution in [0.4, 0.5) is 0 Å². The monoisotopic (exact) mass is 891 g/mol. The minimum atomic E-state index is -0.810. The Morgan fingerprint density at radius 1 is 0.569 bits per heavy atom.